The molecule has 110 valence electrons. The van der Waals surface area contributed by atoms with Crippen LogP contribution in [-0.2, 0) is 6.54 Å². The molecule has 1 rings (SSSR count). The molecule has 0 spiro atoms. The van der Waals surface area contributed by atoms with E-state index in [9.17, 15) is 0 Å². The Morgan fingerprint density at radius 2 is 1.60 bits per heavy atom. The number of unbranched alkanes of at least 4 members (excludes halogenated alkanes) is 6. The summed E-state index contributed by atoms with van der Waals surface area (Å²) in [6.07, 6.45) is 14.3. The van der Waals surface area contributed by atoms with Gasteiger partial charge in [-0.3, -0.25) is 0 Å². The molecule has 0 N–H and O–H groups in total. The molecule has 1 heteroatoms. The average Bonchev–Trinajstić information content (AvgIpc) is 2.45. The summed E-state index contributed by atoms with van der Waals surface area (Å²) >= 11 is 0. The summed E-state index contributed by atoms with van der Waals surface area (Å²) in [6.45, 7) is 7.71. The summed E-state index contributed by atoms with van der Waals surface area (Å²) in [6, 6.07) is 2.21. The van der Waals surface area contributed by atoms with Gasteiger partial charge in [0.1, 0.15) is 6.54 Å². The van der Waals surface area contributed by atoms with Crippen LogP contribution in [0.5, 0.6) is 0 Å². The topological polar surface area (TPSA) is 3.88 Å². The predicted octanol–water partition coefficient (Wildman–Crippen LogP) is 4.74. The lowest BCUT2D eigenvalue weighted by atomic mass is 10.1. The Bertz CT molecular complexity index is 437. The van der Waals surface area contributed by atoms with Crippen LogP contribution in [0.1, 0.15) is 69.4 Å². The maximum Gasteiger partial charge on any atom is 0.171 e. The van der Waals surface area contributed by atoms with E-state index < -0.39 is 0 Å². The second-order valence-electron chi connectivity index (χ2n) is 5.67. The molecule has 0 radical (unpaired) electrons. The van der Waals surface area contributed by atoms with E-state index in [0.717, 1.165) is 19.4 Å². The largest absolute Gasteiger partial charge is 0.205 e. The number of aryl methyl sites for hydroxylation is 3. The average molecular weight is 272 g/mol. The van der Waals surface area contributed by atoms with Crippen molar-refractivity contribution in [2.75, 3.05) is 0 Å². The lowest BCUT2D eigenvalue weighted by molar-refractivity contribution is -0.697. The maximum atomic E-state index is 3.29. The number of pyridine rings is 1. The van der Waals surface area contributed by atoms with E-state index in [0.29, 0.717) is 0 Å². The molecule has 1 aromatic heterocycles. The summed E-state index contributed by atoms with van der Waals surface area (Å²) < 4.78 is 2.31. The minimum absolute atomic E-state index is 1.08. The van der Waals surface area contributed by atoms with Crippen molar-refractivity contribution < 1.29 is 4.57 Å². The molecule has 0 aromatic carbocycles. The fourth-order valence-corrected chi connectivity index (χ4v) is 2.17. The monoisotopic (exact) mass is 272 g/mol. The van der Waals surface area contributed by atoms with Crippen molar-refractivity contribution in [3.05, 3.63) is 29.6 Å². The highest BCUT2D eigenvalue weighted by Crippen LogP contribution is 2.04. The molecular formula is C19H30N+. The fourth-order valence-electron chi connectivity index (χ4n) is 2.17. The Hall–Kier alpha value is -1.29. The van der Waals surface area contributed by atoms with Crippen LogP contribution >= 0.6 is 0 Å². The van der Waals surface area contributed by atoms with Gasteiger partial charge in [-0.05, 0) is 38.7 Å². The maximum absolute atomic E-state index is 3.29. The molecule has 0 atom stereocenters. The van der Waals surface area contributed by atoms with E-state index in [1.807, 2.05) is 0 Å². The Balaban J connectivity index is 2.04. The molecule has 1 aromatic rings. The van der Waals surface area contributed by atoms with Crippen LogP contribution in [-0.4, -0.2) is 0 Å². The molecule has 0 amide bonds. The summed E-state index contributed by atoms with van der Waals surface area (Å²) in [5.74, 6) is 6.55. The first-order valence-corrected chi connectivity index (χ1v) is 8.16. The molecule has 0 unspecified atom stereocenters. The molecular weight excluding hydrogens is 242 g/mol. The van der Waals surface area contributed by atoms with Crippen molar-refractivity contribution in [3.63, 3.8) is 0 Å². The zero-order chi connectivity index (χ0) is 14.6. The first-order valence-electron chi connectivity index (χ1n) is 8.16. The van der Waals surface area contributed by atoms with E-state index in [4.69, 9.17) is 0 Å². The Kier molecular flexibility index (Phi) is 8.79. The van der Waals surface area contributed by atoms with Gasteiger partial charge in [-0.1, -0.05) is 19.8 Å². The van der Waals surface area contributed by atoms with Crippen LogP contribution in [0.3, 0.4) is 0 Å². The first-order chi connectivity index (χ1) is 9.74. The predicted molar refractivity (Wildman–Crippen MR) is 86.5 cm³/mol. The summed E-state index contributed by atoms with van der Waals surface area (Å²) in [5.41, 5.74) is 2.76. The molecule has 0 aliphatic carbocycles. The third-order valence-electron chi connectivity index (χ3n) is 3.75. The molecule has 0 bridgehead atoms. The summed E-state index contributed by atoms with van der Waals surface area (Å²) in [5, 5.41) is 0. The van der Waals surface area contributed by atoms with Gasteiger partial charge in [-0.15, -0.1) is 11.8 Å². The van der Waals surface area contributed by atoms with Crippen LogP contribution < -0.4 is 4.57 Å². The van der Waals surface area contributed by atoms with E-state index in [-0.39, 0.29) is 0 Å². The third kappa shape index (κ3) is 7.34. The normalized spacial score (nSPS) is 10.2. The van der Waals surface area contributed by atoms with E-state index in [2.05, 4.69) is 55.6 Å². The Morgan fingerprint density at radius 1 is 0.900 bits per heavy atom. The van der Waals surface area contributed by atoms with Crippen LogP contribution in [0, 0.1) is 25.7 Å². The minimum atomic E-state index is 1.08. The lowest BCUT2D eigenvalue weighted by Crippen LogP contribution is -2.33. The highest BCUT2D eigenvalue weighted by Gasteiger charge is 2.02. The Morgan fingerprint density at radius 3 is 2.30 bits per heavy atom. The number of aromatic nitrogens is 1. The van der Waals surface area contributed by atoms with Crippen molar-refractivity contribution in [2.24, 2.45) is 0 Å². The zero-order valence-electron chi connectivity index (χ0n) is 13.5. The van der Waals surface area contributed by atoms with Crippen molar-refractivity contribution in [2.45, 2.75) is 78.7 Å². The van der Waals surface area contributed by atoms with Gasteiger partial charge in [-0.2, -0.15) is 0 Å². The van der Waals surface area contributed by atoms with Gasteiger partial charge >= 0.3 is 0 Å². The van der Waals surface area contributed by atoms with Gasteiger partial charge in [0, 0.05) is 30.9 Å². The third-order valence-corrected chi connectivity index (χ3v) is 3.75. The highest BCUT2D eigenvalue weighted by molar-refractivity contribution is 5.16. The van der Waals surface area contributed by atoms with Crippen LogP contribution in [0.4, 0.5) is 0 Å². The Labute approximate surface area is 125 Å². The first kappa shape index (κ1) is 16.8. The summed E-state index contributed by atoms with van der Waals surface area (Å²) in [4.78, 5) is 0. The van der Waals surface area contributed by atoms with E-state index in [1.165, 1.54) is 49.7 Å². The van der Waals surface area contributed by atoms with Crippen LogP contribution in [0.25, 0.3) is 0 Å². The van der Waals surface area contributed by atoms with Gasteiger partial charge in [0.15, 0.2) is 12.4 Å². The van der Waals surface area contributed by atoms with Crippen LogP contribution in [0.15, 0.2) is 18.5 Å². The summed E-state index contributed by atoms with van der Waals surface area (Å²) in [7, 11) is 0. The quantitative estimate of drug-likeness (QED) is 0.366. The number of hydrogen-bond donors (Lipinski definition) is 0. The molecule has 0 aliphatic heterocycles. The van der Waals surface area contributed by atoms with Crippen molar-refractivity contribution in [1.82, 2.24) is 0 Å². The number of nitrogens with zero attached hydrogens (tertiary/aromatic N) is 1. The zero-order valence-corrected chi connectivity index (χ0v) is 13.5. The standard InChI is InChI=1S/C19H30N/c1-4-5-6-7-8-9-10-11-12-13-15-20-16-14-18(2)19(3)17-20/h14,16-17H,4-6,9-13,15H2,1-3H3/q+1. The van der Waals surface area contributed by atoms with Gasteiger partial charge in [0.25, 0.3) is 0 Å². The van der Waals surface area contributed by atoms with Crippen molar-refractivity contribution in [1.29, 1.82) is 0 Å². The van der Waals surface area contributed by atoms with Gasteiger partial charge < -0.3 is 0 Å². The molecule has 0 saturated carbocycles. The molecule has 1 heterocycles. The van der Waals surface area contributed by atoms with Crippen molar-refractivity contribution >= 4 is 0 Å². The van der Waals surface area contributed by atoms with Gasteiger partial charge in [0.05, 0.1) is 0 Å². The molecule has 0 saturated heterocycles. The molecule has 0 fully saturated rings. The minimum Gasteiger partial charge on any atom is -0.205 e. The number of hydrogen-bond acceptors (Lipinski definition) is 0. The second kappa shape index (κ2) is 10.5. The van der Waals surface area contributed by atoms with Crippen molar-refractivity contribution in [3.8, 4) is 11.8 Å². The fraction of sp³-hybridized carbons (Fsp3) is 0.632. The van der Waals surface area contributed by atoms with Gasteiger partial charge in [0.2, 0.25) is 0 Å². The molecule has 0 aliphatic rings. The SMILES string of the molecule is CCCCC#CCCCCCC[n+]1ccc(C)c(C)c1. The lowest BCUT2D eigenvalue weighted by Gasteiger charge is -2.00. The molecule has 1 nitrogen and oxygen atoms in total. The van der Waals surface area contributed by atoms with E-state index >= 15 is 0 Å². The highest BCUT2D eigenvalue weighted by atomic mass is 14.9. The van der Waals surface area contributed by atoms with Gasteiger partial charge in [-0.25, -0.2) is 4.57 Å². The smallest absolute Gasteiger partial charge is 0.171 e. The van der Waals surface area contributed by atoms with Crippen LogP contribution in [0.2, 0.25) is 0 Å². The number of rotatable bonds is 8. The molecule has 20 heavy (non-hydrogen) atoms. The second-order valence-corrected chi connectivity index (χ2v) is 5.67. The van der Waals surface area contributed by atoms with E-state index in [1.54, 1.807) is 0 Å².